The first-order valence-electron chi connectivity index (χ1n) is 14.0. The van der Waals surface area contributed by atoms with Crippen molar-refractivity contribution in [2.24, 2.45) is 57.7 Å². The van der Waals surface area contributed by atoms with Crippen LogP contribution in [0.1, 0.15) is 86.0 Å². The monoisotopic (exact) mass is 454 g/mol. The first-order chi connectivity index (χ1) is 15.7. The van der Waals surface area contributed by atoms with Gasteiger partial charge >= 0.3 is 0 Å². The van der Waals surface area contributed by atoms with Crippen LogP contribution < -0.4 is 0 Å². The second-order valence-corrected chi connectivity index (χ2v) is 13.8. The molecule has 0 saturated heterocycles. The summed E-state index contributed by atoms with van der Waals surface area (Å²) in [6.45, 7) is 12.3. The molecule has 0 aromatic carbocycles. The van der Waals surface area contributed by atoms with Crippen molar-refractivity contribution in [2.75, 3.05) is 13.2 Å². The molecule has 0 radical (unpaired) electrons. The Morgan fingerprint density at radius 1 is 0.939 bits per heavy atom. The van der Waals surface area contributed by atoms with Crippen LogP contribution in [0.5, 0.6) is 0 Å². The summed E-state index contributed by atoms with van der Waals surface area (Å²) < 4.78 is 0. The Hall–Kier alpha value is -0.640. The molecule has 6 rings (SSSR count). The molecule has 6 aliphatic rings. The molecule has 0 amide bonds. The number of hydrogen-bond acceptors (Lipinski definition) is 3. The van der Waals surface area contributed by atoms with Crippen molar-refractivity contribution in [2.45, 2.75) is 92.1 Å². The Bertz CT molecular complexity index is 918. The molecule has 3 N–H and O–H groups in total. The zero-order chi connectivity index (χ0) is 23.5. The largest absolute Gasteiger partial charge is 0.396 e. The van der Waals surface area contributed by atoms with Gasteiger partial charge < -0.3 is 15.3 Å². The van der Waals surface area contributed by atoms with Crippen molar-refractivity contribution >= 4 is 0 Å². The normalized spacial score (nSPS) is 55.3. The molecule has 2 bridgehead atoms. The van der Waals surface area contributed by atoms with Crippen LogP contribution in [0.15, 0.2) is 22.3 Å². The van der Waals surface area contributed by atoms with Crippen LogP contribution in [0, 0.1) is 57.7 Å². The summed E-state index contributed by atoms with van der Waals surface area (Å²) in [7, 11) is 0. The third-order valence-electron chi connectivity index (χ3n) is 12.8. The van der Waals surface area contributed by atoms with E-state index in [0.29, 0.717) is 42.1 Å². The van der Waals surface area contributed by atoms with E-state index in [0.717, 1.165) is 19.3 Å². The summed E-state index contributed by atoms with van der Waals surface area (Å²) in [6.07, 6.45) is 8.84. The SMILES string of the molecule is CC1=C2[C@@H](O)[C@@H]([C@@]3(CO)C[C@]45C[C@@H]3C(C)=C4[C@@H]3[C@H](CC[C@@H]5C)[C@]3(C)CO)CC[C@H](C)[C@@H]2CC1. The summed E-state index contributed by atoms with van der Waals surface area (Å²) in [5.74, 6) is 3.51. The fourth-order valence-electron chi connectivity index (χ4n) is 10.9. The molecule has 3 nitrogen and oxygen atoms in total. The summed E-state index contributed by atoms with van der Waals surface area (Å²) in [4.78, 5) is 0. The molecule has 11 atom stereocenters. The fourth-order valence-corrected chi connectivity index (χ4v) is 10.9. The van der Waals surface area contributed by atoms with Gasteiger partial charge in [0, 0.05) is 24.0 Å². The first-order valence-corrected chi connectivity index (χ1v) is 14.0. The molecule has 6 aliphatic carbocycles. The van der Waals surface area contributed by atoms with Gasteiger partial charge in [-0.05, 0) is 118 Å². The van der Waals surface area contributed by atoms with Crippen molar-refractivity contribution < 1.29 is 15.3 Å². The average Bonchev–Trinajstić information content (AvgIpc) is 3.05. The van der Waals surface area contributed by atoms with E-state index < -0.39 is 0 Å². The lowest BCUT2D eigenvalue weighted by Gasteiger charge is -2.49. The first kappa shape index (κ1) is 22.8. The molecule has 0 aromatic heterocycles. The van der Waals surface area contributed by atoms with Gasteiger partial charge in [-0.3, -0.25) is 0 Å². The maximum absolute atomic E-state index is 12.0. The lowest BCUT2D eigenvalue weighted by molar-refractivity contribution is -0.0377. The molecule has 1 spiro atoms. The minimum Gasteiger partial charge on any atom is -0.396 e. The Balaban J connectivity index is 1.45. The van der Waals surface area contributed by atoms with E-state index in [4.69, 9.17) is 0 Å². The van der Waals surface area contributed by atoms with Crippen LogP contribution in [0.2, 0.25) is 0 Å². The number of allylic oxidation sites excluding steroid dienone is 3. The standard InChI is InChI=1S/C30H46O3/c1-16-7-10-22(27(33)24-17(2)6-9-20(16)24)30(15-32)13-29-12-23(30)19(4)25(29)26-21(11-8-18(29)3)28(26,5)14-31/h16,18,20-23,26-27,31-33H,6-15H2,1-5H3/t16-,18-,20-,21-,22-,23+,26-,27-,28-,29-,30-/m0/s1. The highest BCUT2D eigenvalue weighted by Crippen LogP contribution is 2.80. The lowest BCUT2D eigenvalue weighted by Crippen LogP contribution is -2.47. The van der Waals surface area contributed by atoms with E-state index in [-0.39, 0.29) is 34.9 Å². The van der Waals surface area contributed by atoms with E-state index in [1.54, 1.807) is 5.57 Å². The minimum atomic E-state index is -0.390. The maximum atomic E-state index is 12.0. The van der Waals surface area contributed by atoms with Crippen LogP contribution in [-0.2, 0) is 0 Å². The van der Waals surface area contributed by atoms with Crippen molar-refractivity contribution in [1.29, 1.82) is 0 Å². The third-order valence-corrected chi connectivity index (χ3v) is 12.8. The second kappa shape index (κ2) is 7.20. The number of rotatable bonds is 3. The van der Waals surface area contributed by atoms with E-state index in [9.17, 15) is 15.3 Å². The van der Waals surface area contributed by atoms with Crippen molar-refractivity contribution in [3.63, 3.8) is 0 Å². The summed E-state index contributed by atoms with van der Waals surface area (Å²) in [5, 5.41) is 33.4. The van der Waals surface area contributed by atoms with Crippen LogP contribution in [0.25, 0.3) is 0 Å². The smallest absolute Gasteiger partial charge is 0.0789 e. The highest BCUT2D eigenvalue weighted by atomic mass is 16.3. The van der Waals surface area contributed by atoms with Gasteiger partial charge in [0.1, 0.15) is 0 Å². The van der Waals surface area contributed by atoms with Gasteiger partial charge in [0.05, 0.1) is 6.10 Å². The minimum absolute atomic E-state index is 0.0619. The molecule has 4 fully saturated rings. The Labute approximate surface area is 200 Å². The van der Waals surface area contributed by atoms with Crippen molar-refractivity contribution in [3.05, 3.63) is 22.3 Å². The molecule has 4 saturated carbocycles. The van der Waals surface area contributed by atoms with Crippen molar-refractivity contribution in [1.82, 2.24) is 0 Å². The van der Waals surface area contributed by atoms with Crippen LogP contribution in [0.4, 0.5) is 0 Å². The van der Waals surface area contributed by atoms with E-state index >= 15 is 0 Å². The molecule has 184 valence electrons. The van der Waals surface area contributed by atoms with Gasteiger partial charge in [0.2, 0.25) is 0 Å². The van der Waals surface area contributed by atoms with Crippen LogP contribution >= 0.6 is 0 Å². The molecular formula is C30H46O3. The number of fused-ring (bicyclic) bond motifs is 4. The summed E-state index contributed by atoms with van der Waals surface area (Å²) in [6, 6.07) is 0. The summed E-state index contributed by atoms with van der Waals surface area (Å²) in [5.41, 5.74) is 6.03. The highest BCUT2D eigenvalue weighted by molar-refractivity contribution is 5.46. The molecule has 0 aliphatic heterocycles. The Morgan fingerprint density at radius 2 is 1.67 bits per heavy atom. The zero-order valence-electron chi connectivity index (χ0n) is 21.5. The second-order valence-electron chi connectivity index (χ2n) is 13.8. The van der Waals surface area contributed by atoms with Crippen LogP contribution in [0.3, 0.4) is 0 Å². The maximum Gasteiger partial charge on any atom is 0.0789 e. The van der Waals surface area contributed by atoms with Gasteiger partial charge in [0.25, 0.3) is 0 Å². The van der Waals surface area contributed by atoms with Gasteiger partial charge in [-0.15, -0.1) is 0 Å². The number of aliphatic hydroxyl groups is 3. The van der Waals surface area contributed by atoms with Gasteiger partial charge in [-0.1, -0.05) is 37.5 Å². The molecule has 0 heterocycles. The van der Waals surface area contributed by atoms with E-state index in [2.05, 4.69) is 34.6 Å². The number of hydrogen-bond donors (Lipinski definition) is 3. The quantitative estimate of drug-likeness (QED) is 0.494. The van der Waals surface area contributed by atoms with Gasteiger partial charge in [0.15, 0.2) is 0 Å². The molecule has 33 heavy (non-hydrogen) atoms. The Kier molecular flexibility index (Phi) is 4.97. The predicted molar refractivity (Wildman–Crippen MR) is 131 cm³/mol. The van der Waals surface area contributed by atoms with E-state index in [1.165, 1.54) is 48.8 Å². The van der Waals surface area contributed by atoms with Gasteiger partial charge in [-0.25, -0.2) is 0 Å². The summed E-state index contributed by atoms with van der Waals surface area (Å²) >= 11 is 0. The van der Waals surface area contributed by atoms with Crippen LogP contribution in [-0.4, -0.2) is 34.6 Å². The topological polar surface area (TPSA) is 60.7 Å². The zero-order valence-corrected chi connectivity index (χ0v) is 21.5. The average molecular weight is 455 g/mol. The molecule has 3 heteroatoms. The van der Waals surface area contributed by atoms with Gasteiger partial charge in [-0.2, -0.15) is 0 Å². The molecular weight excluding hydrogens is 408 g/mol. The van der Waals surface area contributed by atoms with Crippen molar-refractivity contribution in [3.8, 4) is 0 Å². The fraction of sp³-hybridized carbons (Fsp3) is 0.867. The lowest BCUT2D eigenvalue weighted by atomic mass is 9.56. The predicted octanol–water partition coefficient (Wildman–Crippen LogP) is 5.50. The van der Waals surface area contributed by atoms with E-state index in [1.807, 2.05) is 0 Å². The highest BCUT2D eigenvalue weighted by Gasteiger charge is 2.73. The Morgan fingerprint density at radius 3 is 2.36 bits per heavy atom. The number of aliphatic hydroxyl groups excluding tert-OH is 3. The third kappa shape index (κ3) is 2.63. The molecule has 0 unspecified atom stereocenters. The molecule has 0 aromatic rings.